The summed E-state index contributed by atoms with van der Waals surface area (Å²) in [5.41, 5.74) is 27.9. The van der Waals surface area contributed by atoms with Crippen molar-refractivity contribution >= 4 is 60.8 Å². The monoisotopic (exact) mass is 904 g/mol. The molecule has 12 rings (SSSR count). The van der Waals surface area contributed by atoms with Gasteiger partial charge in [-0.05, 0) is 144 Å². The van der Waals surface area contributed by atoms with Crippen LogP contribution in [0.5, 0.6) is 0 Å². The summed E-state index contributed by atoms with van der Waals surface area (Å²) in [4.78, 5) is 5.38. The molecule has 0 radical (unpaired) electrons. The summed E-state index contributed by atoms with van der Waals surface area (Å²) in [5.74, 6) is 0.804. The first kappa shape index (κ1) is 43.1. The molecule has 0 amide bonds. The molecule has 0 spiro atoms. The molecule has 1 atom stereocenters. The summed E-state index contributed by atoms with van der Waals surface area (Å²) in [5, 5.41) is 4.79. The van der Waals surface area contributed by atoms with Gasteiger partial charge in [0, 0.05) is 33.2 Å². The van der Waals surface area contributed by atoms with Crippen molar-refractivity contribution in [1.29, 1.82) is 0 Å². The Bertz CT molecular complexity index is 3780. The number of aromatic nitrogens is 2. The van der Waals surface area contributed by atoms with Crippen LogP contribution in [0.1, 0.15) is 55.7 Å². The molecular weight excluding hydrogens is 849 g/mol. The number of hydrogen-bond acceptors (Lipinski definition) is 1. The number of fused-ring (bicyclic) bond motifs is 6. The number of allylic oxidation sites excluding steroid dienone is 12. The van der Waals surface area contributed by atoms with Crippen LogP contribution >= 0.6 is 0 Å². The second-order valence-electron chi connectivity index (χ2n) is 19.1. The fourth-order valence-electron chi connectivity index (χ4n) is 11.3. The van der Waals surface area contributed by atoms with E-state index in [1.54, 1.807) is 0 Å². The van der Waals surface area contributed by atoms with E-state index in [0.717, 1.165) is 71.6 Å². The van der Waals surface area contributed by atoms with Gasteiger partial charge in [0.05, 0.1) is 27.8 Å². The van der Waals surface area contributed by atoms with E-state index < -0.39 is 0 Å². The Balaban J connectivity index is 0.950. The van der Waals surface area contributed by atoms with Gasteiger partial charge in [0.15, 0.2) is 0 Å². The number of nitrogens with two attached hydrogens (primary N) is 1. The summed E-state index contributed by atoms with van der Waals surface area (Å²) < 4.78 is 4.66. The molecule has 2 N–H and O–H groups in total. The van der Waals surface area contributed by atoms with Gasteiger partial charge < -0.3 is 10.3 Å². The predicted octanol–water partition coefficient (Wildman–Crippen LogP) is 16.7. The number of hydrogen-bond donors (Lipinski definition) is 1. The minimum Gasteiger partial charge on any atom is -0.369 e. The molecule has 0 fully saturated rings. The van der Waals surface area contributed by atoms with Gasteiger partial charge in [0.25, 0.3) is 0 Å². The average molecular weight is 905 g/mol. The smallest absolute Gasteiger partial charge is 0.205 e. The zero-order valence-corrected chi connectivity index (χ0v) is 39.9. The lowest BCUT2D eigenvalue weighted by molar-refractivity contribution is 0.765. The van der Waals surface area contributed by atoms with Crippen LogP contribution in [0.4, 0.5) is 0 Å². The highest BCUT2D eigenvalue weighted by Gasteiger charge is 2.23. The summed E-state index contributed by atoms with van der Waals surface area (Å²) in [6.45, 7) is 4.54. The molecule has 0 aliphatic heterocycles. The van der Waals surface area contributed by atoms with Gasteiger partial charge in [0.1, 0.15) is 0 Å². The molecule has 0 saturated heterocycles. The van der Waals surface area contributed by atoms with Gasteiger partial charge in [-0.1, -0.05) is 182 Å². The summed E-state index contributed by atoms with van der Waals surface area (Å²) in [6.07, 6.45) is 24.5. The lowest BCUT2D eigenvalue weighted by Gasteiger charge is -2.23. The van der Waals surface area contributed by atoms with Gasteiger partial charge in [-0.2, -0.15) is 0 Å². The minimum absolute atomic E-state index is 0.363. The number of aliphatic imine (C=N–C) groups is 1. The van der Waals surface area contributed by atoms with Crippen molar-refractivity contribution in [3.63, 3.8) is 0 Å². The number of rotatable bonds is 9. The number of aryl methyl sites for hydroxylation is 1. The van der Waals surface area contributed by atoms with E-state index in [0.29, 0.717) is 11.9 Å². The minimum atomic E-state index is 0.363. The molecule has 70 heavy (non-hydrogen) atoms. The Hall–Kier alpha value is -8.21. The van der Waals surface area contributed by atoms with Crippen molar-refractivity contribution < 1.29 is 0 Å². The highest BCUT2D eigenvalue weighted by molar-refractivity contribution is 6.20. The van der Waals surface area contributed by atoms with Crippen molar-refractivity contribution in [2.75, 3.05) is 0 Å². The first-order valence-corrected chi connectivity index (χ1v) is 25.0. The normalized spacial score (nSPS) is 16.7. The first-order chi connectivity index (χ1) is 34.5. The Morgan fingerprint density at radius 3 is 2.13 bits per heavy atom. The van der Waals surface area contributed by atoms with Crippen molar-refractivity contribution in [3.8, 4) is 22.3 Å². The molecule has 4 heteroatoms. The van der Waals surface area contributed by atoms with E-state index in [4.69, 9.17) is 10.7 Å². The highest BCUT2D eigenvalue weighted by Crippen LogP contribution is 2.43. The van der Waals surface area contributed by atoms with E-state index in [1.807, 2.05) is 0 Å². The van der Waals surface area contributed by atoms with Crippen LogP contribution in [0.3, 0.4) is 0 Å². The fourth-order valence-corrected chi connectivity index (χ4v) is 11.3. The van der Waals surface area contributed by atoms with Crippen molar-refractivity contribution in [2.24, 2.45) is 16.6 Å². The second-order valence-corrected chi connectivity index (χ2v) is 19.1. The Labute approximate surface area is 410 Å². The Morgan fingerprint density at radius 2 is 1.33 bits per heavy atom. The second kappa shape index (κ2) is 18.4. The number of benzene rings is 7. The number of nitrogens with zero attached hydrogens (tertiary/aromatic N) is 3. The zero-order valence-electron chi connectivity index (χ0n) is 39.9. The molecule has 0 unspecified atom stereocenters. The van der Waals surface area contributed by atoms with E-state index >= 15 is 0 Å². The summed E-state index contributed by atoms with van der Waals surface area (Å²) in [6, 6.07) is 59.4. The molecule has 4 nitrogen and oxygen atoms in total. The van der Waals surface area contributed by atoms with Crippen LogP contribution in [-0.4, -0.2) is 15.1 Å². The quantitative estimate of drug-likeness (QED) is 0.114. The molecule has 9 aromatic rings. The van der Waals surface area contributed by atoms with Crippen molar-refractivity contribution in [1.82, 2.24) is 9.13 Å². The topological polar surface area (TPSA) is 48.2 Å². The average Bonchev–Trinajstić information content (AvgIpc) is 3.94. The van der Waals surface area contributed by atoms with Crippen LogP contribution in [-0.2, 0) is 6.42 Å². The molecule has 2 aromatic heterocycles. The third-order valence-electron chi connectivity index (χ3n) is 14.9. The van der Waals surface area contributed by atoms with Crippen LogP contribution < -0.4 is 5.73 Å². The van der Waals surface area contributed by atoms with Crippen LogP contribution in [0.15, 0.2) is 240 Å². The Morgan fingerprint density at radius 1 is 0.614 bits per heavy atom. The highest BCUT2D eigenvalue weighted by atomic mass is 15.2. The lowest BCUT2D eigenvalue weighted by Crippen LogP contribution is -2.22. The van der Waals surface area contributed by atoms with E-state index in [1.165, 1.54) is 83.2 Å². The van der Waals surface area contributed by atoms with Gasteiger partial charge in [-0.3, -0.25) is 4.57 Å². The third kappa shape index (κ3) is 7.80. The van der Waals surface area contributed by atoms with E-state index in [2.05, 4.69) is 235 Å². The number of para-hydroxylation sites is 2. The predicted molar refractivity (Wildman–Crippen MR) is 298 cm³/mol. The molecule has 0 saturated carbocycles. The third-order valence-corrected chi connectivity index (χ3v) is 14.9. The summed E-state index contributed by atoms with van der Waals surface area (Å²) in [7, 11) is 0. The van der Waals surface area contributed by atoms with Gasteiger partial charge >= 0.3 is 0 Å². The molecule has 2 heterocycles. The fraction of sp³-hybridized carbons (Fsp3) is 0.136. The van der Waals surface area contributed by atoms with E-state index in [-0.39, 0.29) is 0 Å². The lowest BCUT2D eigenvalue weighted by atomic mass is 9.86. The van der Waals surface area contributed by atoms with Gasteiger partial charge in [0.2, 0.25) is 5.96 Å². The maximum Gasteiger partial charge on any atom is 0.205 e. The maximum atomic E-state index is 7.33. The molecular formula is C66H56N4. The molecule has 340 valence electrons. The zero-order chi connectivity index (χ0) is 47.1. The molecule has 3 aliphatic carbocycles. The molecule has 3 aliphatic rings. The van der Waals surface area contributed by atoms with E-state index in [9.17, 15) is 0 Å². The summed E-state index contributed by atoms with van der Waals surface area (Å²) >= 11 is 0. The standard InChI is InChI=1S/C66H56N4/c1-44-17-9-10-22-53(44)54-25-15-29-60(45(54)2)69-61-27-13-11-23-56(61)58-43-52(40-42-63(58)69)55-26-16-30-64-65(55)57-24-12-14-28-62(57)70(64)66(67)68-59(51-38-36-50(37-39-51)48-20-7-4-8-21-48)41-33-46-31-34-49(35-32-46)47-18-5-3-6-19-47/h3,5-7,9-14,16-24,26-32,34-36,38-43,50H,4,8,15,25,33,37H2,1-2H3,(H2,67,68)/b59-41-/t50-/m1/s1. The van der Waals surface area contributed by atoms with Crippen molar-refractivity contribution in [3.05, 3.63) is 252 Å². The van der Waals surface area contributed by atoms with Crippen LogP contribution in [0.25, 0.3) is 77.1 Å². The van der Waals surface area contributed by atoms with Crippen molar-refractivity contribution in [2.45, 2.75) is 52.4 Å². The largest absolute Gasteiger partial charge is 0.369 e. The Kier molecular flexibility index (Phi) is 11.3. The maximum absolute atomic E-state index is 7.33. The molecule has 7 aromatic carbocycles. The molecule has 0 bridgehead atoms. The van der Waals surface area contributed by atoms with Gasteiger partial charge in [-0.25, -0.2) is 4.99 Å². The SMILES string of the molecule is CC1=C(c2ccccc2C)CCC=C1n1c2ccccc2c2cc(-c3cccc4c3c3ccccc3n4C(N)=N/C(=C\Cc3ccc(-c4ccccc4)cc3)C3=CC[C@H](C4=CCCC=C4)C=C3)ccc21. The first-order valence-electron chi connectivity index (χ1n) is 25.0. The van der Waals surface area contributed by atoms with Crippen LogP contribution in [0.2, 0.25) is 0 Å². The van der Waals surface area contributed by atoms with Gasteiger partial charge in [-0.15, -0.1) is 0 Å². The van der Waals surface area contributed by atoms with Crippen LogP contribution in [0, 0.1) is 12.8 Å².